The first-order valence-electron chi connectivity index (χ1n) is 10.0. The summed E-state index contributed by atoms with van der Waals surface area (Å²) >= 11 is 11.5. The molecule has 1 aromatic heterocycles. The topological polar surface area (TPSA) is 74.4 Å². The van der Waals surface area contributed by atoms with Crippen LogP contribution in [0.5, 0.6) is 5.88 Å². The fraction of sp³-hybridized carbons (Fsp3) is 0.700. The van der Waals surface area contributed by atoms with Crippen molar-refractivity contribution >= 4 is 34.9 Å². The first kappa shape index (κ1) is 24.8. The largest absolute Gasteiger partial charge is 0.463 e. The number of pyridine rings is 1. The van der Waals surface area contributed by atoms with Gasteiger partial charge in [-0.2, -0.15) is 9.37 Å². The van der Waals surface area contributed by atoms with Gasteiger partial charge >= 0.3 is 5.97 Å². The van der Waals surface area contributed by atoms with Crippen LogP contribution >= 0.6 is 23.2 Å². The van der Waals surface area contributed by atoms with Crippen LogP contribution in [0.2, 0.25) is 10.0 Å². The van der Waals surface area contributed by atoms with Gasteiger partial charge in [0.25, 0.3) is 0 Å². The molecule has 0 saturated heterocycles. The zero-order valence-electron chi connectivity index (χ0n) is 16.7. The van der Waals surface area contributed by atoms with Crippen molar-refractivity contribution in [3.8, 4) is 5.88 Å². The Morgan fingerprint density at radius 1 is 1.04 bits per heavy atom. The summed E-state index contributed by atoms with van der Waals surface area (Å²) in [5.74, 6) is -1.86. The second kappa shape index (κ2) is 13.8. The van der Waals surface area contributed by atoms with Crippen molar-refractivity contribution in [3.63, 3.8) is 0 Å². The van der Waals surface area contributed by atoms with Crippen molar-refractivity contribution in [1.82, 2.24) is 4.98 Å². The molecule has 0 aromatic carbocycles. The van der Waals surface area contributed by atoms with Crippen LogP contribution in [-0.2, 0) is 9.53 Å². The number of unbranched alkanes of at least 4 members (excludes halogenated alkanes) is 9. The van der Waals surface area contributed by atoms with Crippen molar-refractivity contribution in [1.29, 1.82) is 0 Å². The van der Waals surface area contributed by atoms with E-state index in [1.807, 2.05) is 0 Å². The van der Waals surface area contributed by atoms with E-state index in [4.69, 9.17) is 38.4 Å². The van der Waals surface area contributed by atoms with Crippen LogP contribution in [0.4, 0.5) is 10.1 Å². The molecule has 0 aliphatic rings. The lowest BCUT2D eigenvalue weighted by Gasteiger charge is -2.15. The third-order valence-corrected chi connectivity index (χ3v) is 5.13. The molecule has 0 fully saturated rings. The van der Waals surface area contributed by atoms with Gasteiger partial charge in [0.2, 0.25) is 11.8 Å². The molecule has 0 amide bonds. The Labute approximate surface area is 177 Å². The molecule has 5 nitrogen and oxygen atoms in total. The van der Waals surface area contributed by atoms with Gasteiger partial charge < -0.3 is 15.2 Å². The van der Waals surface area contributed by atoms with E-state index in [0.717, 1.165) is 19.3 Å². The van der Waals surface area contributed by atoms with Crippen molar-refractivity contribution in [2.75, 3.05) is 12.3 Å². The van der Waals surface area contributed by atoms with Crippen LogP contribution in [0.1, 0.15) is 78.1 Å². The maximum absolute atomic E-state index is 13.5. The smallest absolute Gasteiger partial charge is 0.347 e. The molecule has 0 aliphatic carbocycles. The Hall–Kier alpha value is -1.27. The number of carbonyl (C=O) groups is 1. The maximum atomic E-state index is 13.5. The van der Waals surface area contributed by atoms with Gasteiger partial charge in [-0.15, -0.1) is 0 Å². The Bertz CT molecular complexity index is 618. The Morgan fingerprint density at radius 2 is 1.57 bits per heavy atom. The van der Waals surface area contributed by atoms with Crippen LogP contribution in [0.25, 0.3) is 0 Å². The summed E-state index contributed by atoms with van der Waals surface area (Å²) in [4.78, 5) is 15.5. The molecule has 1 heterocycles. The lowest BCUT2D eigenvalue weighted by Crippen LogP contribution is -2.27. The molecule has 0 saturated carbocycles. The number of rotatable bonds is 14. The minimum Gasteiger partial charge on any atom is -0.463 e. The lowest BCUT2D eigenvalue weighted by molar-refractivity contribution is -0.151. The summed E-state index contributed by atoms with van der Waals surface area (Å²) < 4.78 is 24.0. The predicted molar refractivity (Wildman–Crippen MR) is 112 cm³/mol. The zero-order chi connectivity index (χ0) is 20.9. The Balaban J connectivity index is 2.19. The van der Waals surface area contributed by atoms with Gasteiger partial charge in [-0.1, -0.05) is 87.9 Å². The van der Waals surface area contributed by atoms with Crippen molar-refractivity contribution in [2.45, 2.75) is 84.2 Å². The number of hydrogen-bond donors (Lipinski definition) is 1. The van der Waals surface area contributed by atoms with Crippen molar-refractivity contribution in [3.05, 3.63) is 16.0 Å². The van der Waals surface area contributed by atoms with Gasteiger partial charge in [-0.25, -0.2) is 4.79 Å². The average molecular weight is 437 g/mol. The Morgan fingerprint density at radius 3 is 2.14 bits per heavy atom. The standard InChI is InChI=1S/C20H31Cl2FN2O3/c1-3-4-5-6-7-8-9-10-11-12-13-27-20(26)14(2)28-19-16(22)17(24)15(21)18(23)25-19/h14H,3-13H2,1-2H3,(H2,24,25)/t14-/m1/s1. The normalized spacial score (nSPS) is 12.0. The quantitative estimate of drug-likeness (QED) is 0.209. The molecular weight excluding hydrogens is 406 g/mol. The number of aromatic nitrogens is 1. The van der Waals surface area contributed by atoms with Gasteiger partial charge in [0.05, 0.1) is 12.3 Å². The van der Waals surface area contributed by atoms with Gasteiger partial charge in [0.1, 0.15) is 10.0 Å². The van der Waals surface area contributed by atoms with Crippen LogP contribution in [0, 0.1) is 5.95 Å². The van der Waals surface area contributed by atoms with Crippen molar-refractivity contribution < 1.29 is 18.7 Å². The highest BCUT2D eigenvalue weighted by Gasteiger charge is 2.22. The molecule has 1 atom stereocenters. The second-order valence-electron chi connectivity index (χ2n) is 6.86. The first-order valence-corrected chi connectivity index (χ1v) is 10.8. The fourth-order valence-electron chi connectivity index (χ4n) is 2.68. The molecule has 8 heteroatoms. The summed E-state index contributed by atoms with van der Waals surface area (Å²) in [6.45, 7) is 4.02. The molecule has 1 aromatic rings. The fourth-order valence-corrected chi connectivity index (χ4v) is 3.05. The molecule has 0 spiro atoms. The van der Waals surface area contributed by atoms with Gasteiger partial charge in [-0.3, -0.25) is 0 Å². The number of ether oxygens (including phenoxy) is 2. The highest BCUT2D eigenvalue weighted by Crippen LogP contribution is 2.35. The number of carbonyl (C=O) groups excluding carboxylic acids is 1. The minimum atomic E-state index is -1.01. The third kappa shape index (κ3) is 8.82. The van der Waals surface area contributed by atoms with E-state index in [2.05, 4.69) is 11.9 Å². The molecule has 160 valence electrons. The number of nitrogens with zero attached hydrogens (tertiary/aromatic N) is 1. The highest BCUT2D eigenvalue weighted by molar-refractivity contribution is 6.39. The average Bonchev–Trinajstić information content (AvgIpc) is 2.68. The van der Waals surface area contributed by atoms with E-state index < -0.39 is 18.0 Å². The minimum absolute atomic E-state index is 0.138. The molecule has 0 aliphatic heterocycles. The van der Waals surface area contributed by atoms with Crippen LogP contribution in [0.15, 0.2) is 0 Å². The SMILES string of the molecule is CCCCCCCCCCCCOC(=O)[C@@H](C)Oc1nc(F)c(Cl)c(N)c1Cl. The second-order valence-corrected chi connectivity index (χ2v) is 7.61. The number of nitrogens with two attached hydrogens (primary N) is 1. The molecule has 1 rings (SSSR count). The van der Waals surface area contributed by atoms with Crippen molar-refractivity contribution in [2.24, 2.45) is 0 Å². The molecule has 2 N–H and O–H groups in total. The summed E-state index contributed by atoms with van der Waals surface area (Å²) in [7, 11) is 0. The van der Waals surface area contributed by atoms with Gasteiger partial charge in [-0.05, 0) is 13.3 Å². The lowest BCUT2D eigenvalue weighted by atomic mass is 10.1. The highest BCUT2D eigenvalue weighted by atomic mass is 35.5. The molecular formula is C20H31Cl2FN2O3. The molecule has 0 radical (unpaired) electrons. The molecule has 0 bridgehead atoms. The van der Waals surface area contributed by atoms with E-state index in [0.29, 0.717) is 6.61 Å². The monoisotopic (exact) mass is 436 g/mol. The summed E-state index contributed by atoms with van der Waals surface area (Å²) in [5.41, 5.74) is 5.39. The number of anilines is 1. The molecule has 28 heavy (non-hydrogen) atoms. The summed E-state index contributed by atoms with van der Waals surface area (Å²) in [6, 6.07) is 0. The van der Waals surface area contributed by atoms with E-state index in [1.54, 1.807) is 0 Å². The maximum Gasteiger partial charge on any atom is 0.347 e. The van der Waals surface area contributed by atoms with E-state index in [1.165, 1.54) is 51.9 Å². The molecule has 0 unspecified atom stereocenters. The third-order valence-electron chi connectivity index (χ3n) is 4.40. The zero-order valence-corrected chi connectivity index (χ0v) is 18.3. The van der Waals surface area contributed by atoms with E-state index in [-0.39, 0.29) is 21.6 Å². The number of hydrogen-bond acceptors (Lipinski definition) is 5. The number of nitrogen functional groups attached to an aromatic ring is 1. The summed E-state index contributed by atoms with van der Waals surface area (Å²) in [6.07, 6.45) is 11.0. The van der Waals surface area contributed by atoms with Gasteiger partial charge in [0.15, 0.2) is 6.10 Å². The Kier molecular flexibility index (Phi) is 12.2. The number of halogens is 3. The van der Waals surface area contributed by atoms with E-state index in [9.17, 15) is 9.18 Å². The van der Waals surface area contributed by atoms with Crippen LogP contribution < -0.4 is 10.5 Å². The van der Waals surface area contributed by atoms with Crippen LogP contribution in [-0.4, -0.2) is 23.7 Å². The predicted octanol–water partition coefficient (Wildman–Crippen LogP) is 6.34. The van der Waals surface area contributed by atoms with Crippen LogP contribution in [0.3, 0.4) is 0 Å². The summed E-state index contributed by atoms with van der Waals surface area (Å²) in [5, 5.41) is -0.519. The van der Waals surface area contributed by atoms with Gasteiger partial charge in [0, 0.05) is 0 Å². The van der Waals surface area contributed by atoms with E-state index >= 15 is 0 Å². The first-order chi connectivity index (χ1) is 13.4. The number of esters is 1.